The Morgan fingerprint density at radius 3 is 2.74 bits per heavy atom. The molecule has 2 rings (SSSR count). The molecule has 1 amide bonds. The molecule has 5 heteroatoms. The van der Waals surface area contributed by atoms with Gasteiger partial charge in [0.05, 0.1) is 0 Å². The predicted molar refractivity (Wildman–Crippen MR) is 75.5 cm³/mol. The van der Waals surface area contributed by atoms with Crippen LogP contribution >= 0.6 is 0 Å². The zero-order chi connectivity index (χ0) is 13.7. The number of anilines is 1. The van der Waals surface area contributed by atoms with Gasteiger partial charge in [-0.05, 0) is 32.6 Å². The Hall–Kier alpha value is -1.65. The van der Waals surface area contributed by atoms with Crippen LogP contribution in [0.4, 0.5) is 5.82 Å². The molecule has 0 saturated carbocycles. The summed E-state index contributed by atoms with van der Waals surface area (Å²) in [7, 11) is 0. The van der Waals surface area contributed by atoms with E-state index in [1.54, 1.807) is 0 Å². The standard InChI is InChI=1S/C14H22N4O/c1-3-7-15-14(19)12-10-13(17-11(2)16-12)18-8-5-4-6-9-18/h10H,3-9H2,1-2H3,(H,15,19). The summed E-state index contributed by atoms with van der Waals surface area (Å²) >= 11 is 0. The van der Waals surface area contributed by atoms with E-state index in [-0.39, 0.29) is 5.91 Å². The molecule has 2 heterocycles. The zero-order valence-corrected chi connectivity index (χ0v) is 11.8. The van der Waals surface area contributed by atoms with Crippen molar-refractivity contribution >= 4 is 11.7 Å². The second-order valence-corrected chi connectivity index (χ2v) is 4.96. The number of rotatable bonds is 4. The van der Waals surface area contributed by atoms with Crippen LogP contribution in [0.2, 0.25) is 0 Å². The quantitative estimate of drug-likeness (QED) is 0.900. The van der Waals surface area contributed by atoms with Crippen molar-refractivity contribution in [3.05, 3.63) is 17.6 Å². The summed E-state index contributed by atoms with van der Waals surface area (Å²) in [6, 6.07) is 1.81. The van der Waals surface area contributed by atoms with Crippen molar-refractivity contribution in [1.82, 2.24) is 15.3 Å². The second kappa shape index (κ2) is 6.50. The Morgan fingerprint density at radius 1 is 1.32 bits per heavy atom. The van der Waals surface area contributed by atoms with Crippen molar-refractivity contribution in [3.8, 4) is 0 Å². The molecule has 0 bridgehead atoms. The van der Waals surface area contributed by atoms with E-state index < -0.39 is 0 Å². The predicted octanol–water partition coefficient (Wildman–Crippen LogP) is 1.92. The molecule has 1 aromatic rings. The summed E-state index contributed by atoms with van der Waals surface area (Å²) in [4.78, 5) is 22.9. The largest absolute Gasteiger partial charge is 0.356 e. The summed E-state index contributed by atoms with van der Waals surface area (Å²) in [6.45, 7) is 6.59. The molecule has 5 nitrogen and oxygen atoms in total. The average molecular weight is 262 g/mol. The Balaban J connectivity index is 2.16. The SMILES string of the molecule is CCCNC(=O)c1cc(N2CCCCC2)nc(C)n1. The van der Waals surface area contributed by atoms with Gasteiger partial charge in [0.2, 0.25) is 0 Å². The number of carbonyl (C=O) groups excluding carboxylic acids is 1. The van der Waals surface area contributed by atoms with E-state index in [0.717, 1.165) is 25.3 Å². The molecule has 0 unspecified atom stereocenters. The molecule has 0 spiro atoms. The minimum atomic E-state index is -0.106. The lowest BCUT2D eigenvalue weighted by molar-refractivity contribution is 0.0948. The lowest BCUT2D eigenvalue weighted by Gasteiger charge is -2.28. The van der Waals surface area contributed by atoms with Crippen LogP contribution in [0.1, 0.15) is 48.9 Å². The van der Waals surface area contributed by atoms with Gasteiger partial charge in [-0.25, -0.2) is 9.97 Å². The van der Waals surface area contributed by atoms with Gasteiger partial charge in [-0.3, -0.25) is 4.79 Å². The van der Waals surface area contributed by atoms with E-state index in [1.807, 2.05) is 19.9 Å². The second-order valence-electron chi connectivity index (χ2n) is 4.96. The molecule has 1 N–H and O–H groups in total. The van der Waals surface area contributed by atoms with Gasteiger partial charge in [0.15, 0.2) is 0 Å². The van der Waals surface area contributed by atoms with Crippen LogP contribution in [0.5, 0.6) is 0 Å². The normalized spacial score (nSPS) is 15.4. The van der Waals surface area contributed by atoms with Crippen LogP contribution in [-0.4, -0.2) is 35.5 Å². The zero-order valence-electron chi connectivity index (χ0n) is 11.8. The number of carbonyl (C=O) groups is 1. The number of hydrogen-bond acceptors (Lipinski definition) is 4. The van der Waals surface area contributed by atoms with E-state index in [9.17, 15) is 4.79 Å². The average Bonchev–Trinajstić information content (AvgIpc) is 2.45. The van der Waals surface area contributed by atoms with Gasteiger partial charge in [0.1, 0.15) is 17.3 Å². The van der Waals surface area contributed by atoms with E-state index in [2.05, 4.69) is 20.2 Å². The molecular weight excluding hydrogens is 240 g/mol. The van der Waals surface area contributed by atoms with E-state index in [1.165, 1.54) is 19.3 Å². The van der Waals surface area contributed by atoms with Gasteiger partial charge in [0.25, 0.3) is 5.91 Å². The molecule has 1 aliphatic rings. The van der Waals surface area contributed by atoms with Crippen LogP contribution < -0.4 is 10.2 Å². The highest BCUT2D eigenvalue weighted by molar-refractivity contribution is 5.92. The smallest absolute Gasteiger partial charge is 0.270 e. The van der Waals surface area contributed by atoms with Crippen molar-refractivity contribution in [2.75, 3.05) is 24.5 Å². The molecule has 1 saturated heterocycles. The van der Waals surface area contributed by atoms with Crippen molar-refractivity contribution < 1.29 is 4.79 Å². The van der Waals surface area contributed by atoms with Gasteiger partial charge in [-0.1, -0.05) is 6.92 Å². The minimum absolute atomic E-state index is 0.106. The Morgan fingerprint density at radius 2 is 2.05 bits per heavy atom. The number of nitrogens with zero attached hydrogens (tertiary/aromatic N) is 3. The molecule has 0 radical (unpaired) electrons. The molecule has 0 aliphatic carbocycles. The third-order valence-electron chi connectivity index (χ3n) is 3.27. The highest BCUT2D eigenvalue weighted by Gasteiger charge is 2.16. The van der Waals surface area contributed by atoms with Crippen molar-refractivity contribution in [2.45, 2.75) is 39.5 Å². The van der Waals surface area contributed by atoms with Crippen LogP contribution in [-0.2, 0) is 0 Å². The third kappa shape index (κ3) is 3.66. The number of nitrogens with one attached hydrogen (secondary N) is 1. The summed E-state index contributed by atoms with van der Waals surface area (Å²) < 4.78 is 0. The molecule has 1 fully saturated rings. The van der Waals surface area contributed by atoms with Gasteiger partial charge in [0, 0.05) is 25.7 Å². The van der Waals surface area contributed by atoms with Crippen LogP contribution in [0.3, 0.4) is 0 Å². The van der Waals surface area contributed by atoms with Gasteiger partial charge in [-0.2, -0.15) is 0 Å². The first-order valence-corrected chi connectivity index (χ1v) is 7.09. The summed E-state index contributed by atoms with van der Waals surface area (Å²) in [5.41, 5.74) is 0.474. The van der Waals surface area contributed by atoms with E-state index in [4.69, 9.17) is 0 Å². The highest BCUT2D eigenvalue weighted by atomic mass is 16.1. The molecule has 0 aromatic carbocycles. The maximum absolute atomic E-state index is 12.0. The van der Waals surface area contributed by atoms with Gasteiger partial charge in [-0.15, -0.1) is 0 Å². The summed E-state index contributed by atoms with van der Waals surface area (Å²) in [6.07, 6.45) is 4.60. The van der Waals surface area contributed by atoms with Crippen LogP contribution in [0.15, 0.2) is 6.07 Å². The number of aromatic nitrogens is 2. The molecule has 1 aliphatic heterocycles. The van der Waals surface area contributed by atoms with Gasteiger partial charge < -0.3 is 10.2 Å². The Bertz CT molecular complexity index is 441. The van der Waals surface area contributed by atoms with Gasteiger partial charge >= 0.3 is 0 Å². The number of aryl methyl sites for hydroxylation is 1. The first kappa shape index (κ1) is 13.8. The van der Waals surface area contributed by atoms with Crippen LogP contribution in [0, 0.1) is 6.92 Å². The van der Waals surface area contributed by atoms with E-state index >= 15 is 0 Å². The Kier molecular flexibility index (Phi) is 4.71. The van der Waals surface area contributed by atoms with Crippen LogP contribution in [0.25, 0.3) is 0 Å². The van der Waals surface area contributed by atoms with Crippen molar-refractivity contribution in [3.63, 3.8) is 0 Å². The topological polar surface area (TPSA) is 58.1 Å². The lowest BCUT2D eigenvalue weighted by Crippen LogP contribution is -2.31. The summed E-state index contributed by atoms with van der Waals surface area (Å²) in [5.74, 6) is 1.43. The maximum Gasteiger partial charge on any atom is 0.270 e. The van der Waals surface area contributed by atoms with Crippen molar-refractivity contribution in [2.24, 2.45) is 0 Å². The first-order chi connectivity index (χ1) is 9.20. The minimum Gasteiger partial charge on any atom is -0.356 e. The fourth-order valence-electron chi connectivity index (χ4n) is 2.28. The summed E-state index contributed by atoms with van der Waals surface area (Å²) in [5, 5.41) is 2.86. The molecule has 104 valence electrons. The Labute approximate surface area is 114 Å². The fourth-order valence-corrected chi connectivity index (χ4v) is 2.28. The van der Waals surface area contributed by atoms with E-state index in [0.29, 0.717) is 18.1 Å². The molecule has 1 aromatic heterocycles. The number of amides is 1. The first-order valence-electron chi connectivity index (χ1n) is 7.09. The number of piperidine rings is 1. The van der Waals surface area contributed by atoms with Crippen molar-refractivity contribution in [1.29, 1.82) is 0 Å². The highest BCUT2D eigenvalue weighted by Crippen LogP contribution is 2.18. The molecular formula is C14H22N4O. The number of hydrogen-bond donors (Lipinski definition) is 1. The lowest BCUT2D eigenvalue weighted by atomic mass is 10.1. The third-order valence-corrected chi connectivity index (χ3v) is 3.27. The molecule has 19 heavy (non-hydrogen) atoms. The molecule has 0 atom stereocenters. The maximum atomic E-state index is 12.0. The monoisotopic (exact) mass is 262 g/mol. The fraction of sp³-hybridized carbons (Fsp3) is 0.643.